The van der Waals surface area contributed by atoms with E-state index in [2.05, 4.69) is 20.6 Å². The van der Waals surface area contributed by atoms with Gasteiger partial charge in [0.1, 0.15) is 0 Å². The smallest absolute Gasteiger partial charge is 0.299 e. The van der Waals surface area contributed by atoms with E-state index in [1.165, 1.54) is 23.7 Å². The van der Waals surface area contributed by atoms with Crippen LogP contribution in [0.5, 0.6) is 0 Å². The van der Waals surface area contributed by atoms with Gasteiger partial charge in [0.15, 0.2) is 5.82 Å². The minimum Gasteiger partial charge on any atom is -0.299 e. The predicted octanol–water partition coefficient (Wildman–Crippen LogP) is 2.18. The highest BCUT2D eigenvalue weighted by Gasteiger charge is 2.02. The second-order valence-electron chi connectivity index (χ2n) is 2.65. The van der Waals surface area contributed by atoms with E-state index in [4.69, 9.17) is 0 Å². The Bertz CT molecular complexity index is 429. The van der Waals surface area contributed by atoms with Crippen molar-refractivity contribution in [2.24, 2.45) is 0 Å². The molecule has 0 radical (unpaired) electrons. The number of hydrogen-bond acceptors (Lipinski definition) is 4. The van der Waals surface area contributed by atoms with E-state index in [0.717, 1.165) is 5.00 Å². The zero-order chi connectivity index (χ0) is 10.5. The Balaban J connectivity index is 1.94. The number of hydrogen-bond donors (Lipinski definition) is 2. The van der Waals surface area contributed by atoms with Gasteiger partial charge in [0.2, 0.25) is 0 Å². The molecule has 0 aromatic carbocycles. The van der Waals surface area contributed by atoms with E-state index in [0.29, 0.717) is 5.82 Å². The molecule has 0 spiro atoms. The summed E-state index contributed by atoms with van der Waals surface area (Å²) in [6, 6.07) is 3.36. The van der Waals surface area contributed by atoms with Gasteiger partial charge in [-0.15, -0.1) is 11.3 Å². The van der Waals surface area contributed by atoms with Crippen LogP contribution < -0.4 is 10.6 Å². The van der Waals surface area contributed by atoms with Gasteiger partial charge < -0.3 is 0 Å². The zero-order valence-corrected chi connectivity index (χ0v) is 8.49. The molecule has 0 saturated carbocycles. The molecule has 5 nitrogen and oxygen atoms in total. The Labute approximate surface area is 90.2 Å². The average molecular weight is 220 g/mol. The average Bonchev–Trinajstić information content (AvgIpc) is 2.71. The highest BCUT2D eigenvalue weighted by molar-refractivity contribution is 7.14. The number of carbonyl (C=O) groups is 1. The number of anilines is 2. The van der Waals surface area contributed by atoms with Crippen LogP contribution >= 0.6 is 11.3 Å². The van der Waals surface area contributed by atoms with Crippen LogP contribution in [0.25, 0.3) is 0 Å². The van der Waals surface area contributed by atoms with E-state index >= 15 is 0 Å². The second-order valence-corrected chi connectivity index (χ2v) is 3.59. The van der Waals surface area contributed by atoms with E-state index in [1.807, 2.05) is 17.5 Å². The van der Waals surface area contributed by atoms with E-state index in [-0.39, 0.29) is 6.03 Å². The minimum atomic E-state index is -0.321. The summed E-state index contributed by atoms with van der Waals surface area (Å²) >= 11 is 1.45. The maximum atomic E-state index is 11.4. The molecule has 2 amide bonds. The van der Waals surface area contributed by atoms with Crippen molar-refractivity contribution < 1.29 is 4.79 Å². The van der Waals surface area contributed by atoms with Crippen LogP contribution in [-0.2, 0) is 0 Å². The molecule has 0 fully saturated rings. The molecule has 0 aliphatic carbocycles. The molecule has 15 heavy (non-hydrogen) atoms. The van der Waals surface area contributed by atoms with Gasteiger partial charge in [0.05, 0.1) is 11.2 Å². The predicted molar refractivity (Wildman–Crippen MR) is 59.0 cm³/mol. The lowest BCUT2D eigenvalue weighted by Gasteiger charge is -2.03. The van der Waals surface area contributed by atoms with E-state index in [9.17, 15) is 4.79 Å². The van der Waals surface area contributed by atoms with Crippen molar-refractivity contribution in [3.8, 4) is 0 Å². The van der Waals surface area contributed by atoms with Crippen molar-refractivity contribution in [1.29, 1.82) is 0 Å². The molecule has 2 rings (SSSR count). The summed E-state index contributed by atoms with van der Waals surface area (Å²) in [4.78, 5) is 19.1. The van der Waals surface area contributed by atoms with Gasteiger partial charge in [-0.3, -0.25) is 15.6 Å². The van der Waals surface area contributed by atoms with E-state index < -0.39 is 0 Å². The lowest BCUT2D eigenvalue weighted by atomic mass is 10.6. The number of nitrogens with one attached hydrogen (secondary N) is 2. The highest BCUT2D eigenvalue weighted by atomic mass is 32.1. The Kier molecular flexibility index (Phi) is 2.89. The van der Waals surface area contributed by atoms with Crippen molar-refractivity contribution in [1.82, 2.24) is 9.97 Å². The first-order valence-electron chi connectivity index (χ1n) is 4.22. The molecule has 0 saturated heterocycles. The van der Waals surface area contributed by atoms with E-state index in [1.54, 1.807) is 6.20 Å². The van der Waals surface area contributed by atoms with Gasteiger partial charge in [-0.1, -0.05) is 0 Å². The first kappa shape index (κ1) is 9.60. The number of carbonyl (C=O) groups excluding carboxylic acids is 1. The van der Waals surface area contributed by atoms with Crippen LogP contribution in [0.1, 0.15) is 0 Å². The maximum Gasteiger partial charge on any atom is 0.325 e. The van der Waals surface area contributed by atoms with Crippen LogP contribution in [0.4, 0.5) is 15.6 Å². The van der Waals surface area contributed by atoms with Crippen molar-refractivity contribution in [2.45, 2.75) is 0 Å². The molecule has 76 valence electrons. The Morgan fingerprint density at radius 3 is 2.93 bits per heavy atom. The second kappa shape index (κ2) is 4.52. The third kappa shape index (κ3) is 2.75. The van der Waals surface area contributed by atoms with Crippen molar-refractivity contribution in [3.05, 3.63) is 36.1 Å². The van der Waals surface area contributed by atoms with Crippen molar-refractivity contribution in [2.75, 3.05) is 10.6 Å². The van der Waals surface area contributed by atoms with Crippen LogP contribution in [0.3, 0.4) is 0 Å². The summed E-state index contributed by atoms with van der Waals surface area (Å²) in [5.41, 5.74) is 0. The summed E-state index contributed by atoms with van der Waals surface area (Å²) < 4.78 is 0. The molecule has 2 aromatic heterocycles. The number of urea groups is 1. The third-order valence-corrected chi connectivity index (χ3v) is 2.35. The summed E-state index contributed by atoms with van der Waals surface area (Å²) in [5.74, 6) is 0.423. The van der Waals surface area contributed by atoms with Gasteiger partial charge in [-0.05, 0) is 17.5 Å². The Morgan fingerprint density at radius 2 is 2.27 bits per heavy atom. The maximum absolute atomic E-state index is 11.4. The van der Waals surface area contributed by atoms with Gasteiger partial charge in [-0.25, -0.2) is 9.78 Å². The standard InChI is InChI=1S/C9H8N4OS/c14-9(13-8-2-1-5-15-8)12-7-6-10-3-4-11-7/h1-6H,(H2,11,12,13,14). The first-order chi connectivity index (χ1) is 7.34. The summed E-state index contributed by atoms with van der Waals surface area (Å²) in [6.07, 6.45) is 4.54. The zero-order valence-electron chi connectivity index (χ0n) is 7.68. The molecule has 0 aliphatic rings. The summed E-state index contributed by atoms with van der Waals surface area (Å²) in [7, 11) is 0. The van der Waals surface area contributed by atoms with Crippen LogP contribution in [0.15, 0.2) is 36.1 Å². The molecule has 2 heterocycles. The fourth-order valence-electron chi connectivity index (χ4n) is 0.973. The molecular formula is C9H8N4OS. The number of aromatic nitrogens is 2. The van der Waals surface area contributed by atoms with Crippen LogP contribution in [-0.4, -0.2) is 16.0 Å². The summed E-state index contributed by atoms with van der Waals surface area (Å²) in [5, 5.41) is 7.91. The monoisotopic (exact) mass is 220 g/mol. The number of nitrogens with zero attached hydrogens (tertiary/aromatic N) is 2. The van der Waals surface area contributed by atoms with Gasteiger partial charge >= 0.3 is 6.03 Å². The molecule has 0 bridgehead atoms. The third-order valence-electron chi connectivity index (χ3n) is 1.56. The van der Waals surface area contributed by atoms with Crippen LogP contribution in [0.2, 0.25) is 0 Å². The quantitative estimate of drug-likeness (QED) is 0.815. The first-order valence-corrected chi connectivity index (χ1v) is 5.10. The molecular weight excluding hydrogens is 212 g/mol. The molecule has 2 aromatic rings. The van der Waals surface area contributed by atoms with Gasteiger partial charge in [-0.2, -0.15) is 0 Å². The fraction of sp³-hybridized carbons (Fsp3) is 0. The lowest BCUT2D eigenvalue weighted by Crippen LogP contribution is -2.19. The molecule has 6 heteroatoms. The molecule has 2 N–H and O–H groups in total. The minimum absolute atomic E-state index is 0.321. The topological polar surface area (TPSA) is 66.9 Å². The SMILES string of the molecule is O=C(Nc1cnccn1)Nc1cccs1. The Morgan fingerprint density at radius 1 is 1.33 bits per heavy atom. The fourth-order valence-corrected chi connectivity index (χ4v) is 1.59. The normalized spacial score (nSPS) is 9.60. The number of rotatable bonds is 2. The number of thiophene rings is 1. The van der Waals surface area contributed by atoms with Crippen molar-refractivity contribution in [3.63, 3.8) is 0 Å². The highest BCUT2D eigenvalue weighted by Crippen LogP contribution is 2.14. The molecule has 0 unspecified atom stereocenters. The van der Waals surface area contributed by atoms with Crippen molar-refractivity contribution >= 4 is 28.2 Å². The molecule has 0 atom stereocenters. The van der Waals surface area contributed by atoms with Crippen LogP contribution in [0, 0.1) is 0 Å². The number of amides is 2. The largest absolute Gasteiger partial charge is 0.325 e. The molecule has 0 aliphatic heterocycles. The Hall–Kier alpha value is -1.95. The summed E-state index contributed by atoms with van der Waals surface area (Å²) in [6.45, 7) is 0. The van der Waals surface area contributed by atoms with Gasteiger partial charge in [0, 0.05) is 12.4 Å². The lowest BCUT2D eigenvalue weighted by molar-refractivity contribution is 0.262. The van der Waals surface area contributed by atoms with Gasteiger partial charge in [0.25, 0.3) is 0 Å².